The molecular formula is C30H22F3NO4. The maximum absolute atomic E-state index is 14.1. The van der Waals surface area contributed by atoms with E-state index in [4.69, 9.17) is 9.15 Å². The van der Waals surface area contributed by atoms with E-state index < -0.39 is 28.8 Å². The summed E-state index contributed by atoms with van der Waals surface area (Å²) < 4.78 is 53.3. The number of hydrogen-bond acceptors (Lipinski definition) is 4. The molecule has 0 spiro atoms. The summed E-state index contributed by atoms with van der Waals surface area (Å²) in [6.45, 7) is 3.37. The Morgan fingerprint density at radius 2 is 1.68 bits per heavy atom. The average Bonchev–Trinajstić information content (AvgIpc) is 2.88. The summed E-state index contributed by atoms with van der Waals surface area (Å²) in [5.41, 5.74) is 0.961. The third-order valence-electron chi connectivity index (χ3n) is 6.22. The van der Waals surface area contributed by atoms with Gasteiger partial charge in [0.25, 0.3) is 5.91 Å². The van der Waals surface area contributed by atoms with Crippen LogP contribution in [-0.2, 0) is 11.0 Å². The van der Waals surface area contributed by atoms with Crippen LogP contribution in [0.25, 0.3) is 32.9 Å². The van der Waals surface area contributed by atoms with E-state index in [2.05, 4.69) is 5.32 Å². The Morgan fingerprint density at radius 3 is 2.47 bits per heavy atom. The highest BCUT2D eigenvalue weighted by atomic mass is 19.4. The summed E-state index contributed by atoms with van der Waals surface area (Å²) in [5.74, 6) is -1.75. The number of ether oxygens (including phenoxy) is 1. The second-order valence-electron chi connectivity index (χ2n) is 8.97. The molecule has 0 bridgehead atoms. The molecule has 0 fully saturated rings. The van der Waals surface area contributed by atoms with Crippen molar-refractivity contribution in [1.29, 1.82) is 0 Å². The molecule has 4 aromatic carbocycles. The van der Waals surface area contributed by atoms with E-state index in [1.807, 2.05) is 32.0 Å². The zero-order valence-electron chi connectivity index (χ0n) is 20.5. The van der Waals surface area contributed by atoms with Gasteiger partial charge in [-0.3, -0.25) is 9.59 Å². The van der Waals surface area contributed by atoms with Crippen LogP contribution in [0.1, 0.15) is 16.9 Å². The number of halogens is 3. The third-order valence-corrected chi connectivity index (χ3v) is 6.22. The lowest BCUT2D eigenvalue weighted by atomic mass is 9.96. The number of benzene rings is 4. The van der Waals surface area contributed by atoms with Gasteiger partial charge in [-0.25, -0.2) is 0 Å². The van der Waals surface area contributed by atoms with Crippen LogP contribution in [0.5, 0.6) is 5.75 Å². The zero-order valence-corrected chi connectivity index (χ0v) is 20.5. The van der Waals surface area contributed by atoms with Gasteiger partial charge in [0.05, 0.1) is 10.9 Å². The van der Waals surface area contributed by atoms with Gasteiger partial charge in [-0.15, -0.1) is 0 Å². The summed E-state index contributed by atoms with van der Waals surface area (Å²) in [5, 5.41) is 3.91. The van der Waals surface area contributed by atoms with Crippen LogP contribution in [0.2, 0.25) is 0 Å². The first-order chi connectivity index (χ1) is 18.1. The Balaban J connectivity index is 1.51. The second-order valence-corrected chi connectivity index (χ2v) is 8.97. The van der Waals surface area contributed by atoms with E-state index in [0.29, 0.717) is 16.5 Å². The maximum Gasteiger partial charge on any atom is 0.450 e. The average molecular weight is 518 g/mol. The number of anilines is 1. The fourth-order valence-electron chi connectivity index (χ4n) is 4.36. The predicted octanol–water partition coefficient (Wildman–Crippen LogP) is 7.27. The topological polar surface area (TPSA) is 68.5 Å². The summed E-state index contributed by atoms with van der Waals surface area (Å²) >= 11 is 0. The molecule has 0 aliphatic carbocycles. The Labute approximate surface area is 215 Å². The smallest absolute Gasteiger partial charge is 0.450 e. The van der Waals surface area contributed by atoms with Crippen LogP contribution in [-0.4, -0.2) is 12.5 Å². The van der Waals surface area contributed by atoms with Gasteiger partial charge >= 0.3 is 6.18 Å². The van der Waals surface area contributed by atoms with Crippen molar-refractivity contribution in [3.05, 3.63) is 106 Å². The van der Waals surface area contributed by atoms with Crippen LogP contribution in [0, 0.1) is 13.8 Å². The molecule has 0 radical (unpaired) electrons. The van der Waals surface area contributed by atoms with Crippen molar-refractivity contribution < 1.29 is 27.1 Å². The molecule has 5 rings (SSSR count). The first-order valence-corrected chi connectivity index (χ1v) is 11.8. The number of hydrogen-bond donors (Lipinski definition) is 1. The van der Waals surface area contributed by atoms with E-state index in [1.165, 1.54) is 24.3 Å². The van der Waals surface area contributed by atoms with Crippen LogP contribution in [0.15, 0.2) is 88.1 Å². The van der Waals surface area contributed by atoms with Crippen molar-refractivity contribution >= 4 is 33.3 Å². The molecule has 1 heterocycles. The molecular weight excluding hydrogens is 495 g/mol. The summed E-state index contributed by atoms with van der Waals surface area (Å²) in [6, 6.07) is 21.3. The van der Waals surface area contributed by atoms with Crippen LogP contribution in [0.4, 0.5) is 18.9 Å². The van der Waals surface area contributed by atoms with E-state index in [1.54, 1.807) is 36.4 Å². The Morgan fingerprint density at radius 1 is 0.921 bits per heavy atom. The first kappa shape index (κ1) is 25.1. The minimum atomic E-state index is -4.93. The molecule has 0 unspecified atom stereocenters. The molecule has 0 aliphatic heterocycles. The molecule has 1 aromatic heterocycles. The Bertz CT molecular complexity index is 1750. The highest BCUT2D eigenvalue weighted by Crippen LogP contribution is 2.39. The Kier molecular flexibility index (Phi) is 6.40. The number of aryl methyl sites for hydroxylation is 2. The molecule has 5 aromatic rings. The number of carbonyl (C=O) groups excluding carboxylic acids is 1. The number of rotatable bonds is 5. The van der Waals surface area contributed by atoms with Gasteiger partial charge < -0.3 is 14.5 Å². The van der Waals surface area contributed by atoms with Crippen LogP contribution >= 0.6 is 0 Å². The number of alkyl halides is 3. The monoisotopic (exact) mass is 517 g/mol. The molecule has 5 nitrogen and oxygen atoms in total. The lowest BCUT2D eigenvalue weighted by Crippen LogP contribution is -2.20. The van der Waals surface area contributed by atoms with E-state index in [9.17, 15) is 22.8 Å². The van der Waals surface area contributed by atoms with Crippen molar-refractivity contribution in [2.45, 2.75) is 20.0 Å². The summed E-state index contributed by atoms with van der Waals surface area (Å²) in [4.78, 5) is 25.8. The molecule has 192 valence electrons. The zero-order chi connectivity index (χ0) is 27.0. The Hall–Kier alpha value is -4.59. The number of carbonyl (C=O) groups is 1. The highest BCUT2D eigenvalue weighted by molar-refractivity contribution is 5.98. The quantitative estimate of drug-likeness (QED) is 0.266. The van der Waals surface area contributed by atoms with Gasteiger partial charge in [0, 0.05) is 11.8 Å². The van der Waals surface area contributed by atoms with Crippen molar-refractivity contribution in [2.75, 3.05) is 11.9 Å². The van der Waals surface area contributed by atoms with E-state index in [-0.39, 0.29) is 28.9 Å². The first-order valence-electron chi connectivity index (χ1n) is 11.8. The van der Waals surface area contributed by atoms with Crippen molar-refractivity contribution in [2.24, 2.45) is 0 Å². The highest BCUT2D eigenvalue weighted by Gasteiger charge is 2.39. The van der Waals surface area contributed by atoms with Gasteiger partial charge in [-0.2, -0.15) is 13.2 Å². The van der Waals surface area contributed by atoms with E-state index >= 15 is 0 Å². The van der Waals surface area contributed by atoms with Gasteiger partial charge in [0.2, 0.25) is 11.2 Å². The largest absolute Gasteiger partial charge is 0.484 e. The van der Waals surface area contributed by atoms with Crippen LogP contribution < -0.4 is 15.5 Å². The molecule has 0 atom stereocenters. The normalized spacial score (nSPS) is 11.6. The van der Waals surface area contributed by atoms with Gasteiger partial charge in [-0.1, -0.05) is 54.6 Å². The standard InChI is InChI=1S/C30H22F3NO4/c1-17-10-11-18(2)24(14-17)34-26(35)16-37-20-12-13-23-25(15-20)38-29(30(31,32)33)27(28(23)36)22-9-5-7-19-6-3-4-8-21(19)22/h3-15H,16H2,1-2H3,(H,34,35). The molecule has 8 heteroatoms. The van der Waals surface area contributed by atoms with Gasteiger partial charge in [0.15, 0.2) is 6.61 Å². The fraction of sp³-hybridized carbons (Fsp3) is 0.133. The molecule has 1 N–H and O–H groups in total. The lowest BCUT2D eigenvalue weighted by molar-refractivity contribution is -0.152. The number of amides is 1. The third kappa shape index (κ3) is 4.85. The molecule has 0 aliphatic rings. The molecule has 38 heavy (non-hydrogen) atoms. The maximum atomic E-state index is 14.1. The summed E-state index contributed by atoms with van der Waals surface area (Å²) in [6.07, 6.45) is -4.93. The predicted molar refractivity (Wildman–Crippen MR) is 140 cm³/mol. The minimum absolute atomic E-state index is 0.0341. The molecule has 1 amide bonds. The van der Waals surface area contributed by atoms with Gasteiger partial charge in [-0.05, 0) is 59.5 Å². The minimum Gasteiger partial charge on any atom is -0.484 e. The second kappa shape index (κ2) is 9.70. The number of fused-ring (bicyclic) bond motifs is 2. The molecule has 0 saturated heterocycles. The van der Waals surface area contributed by atoms with Crippen molar-refractivity contribution in [1.82, 2.24) is 0 Å². The van der Waals surface area contributed by atoms with Crippen molar-refractivity contribution in [3.8, 4) is 16.9 Å². The SMILES string of the molecule is Cc1ccc(C)c(NC(=O)COc2ccc3c(=O)c(-c4cccc5ccccc45)c(C(F)(F)F)oc3c2)c1. The van der Waals surface area contributed by atoms with Crippen LogP contribution in [0.3, 0.4) is 0 Å². The molecule has 0 saturated carbocycles. The lowest BCUT2D eigenvalue weighted by Gasteiger charge is -2.15. The fourth-order valence-corrected chi connectivity index (χ4v) is 4.36. The van der Waals surface area contributed by atoms with E-state index in [0.717, 1.165) is 11.1 Å². The number of nitrogens with one attached hydrogen (secondary N) is 1. The van der Waals surface area contributed by atoms with Crippen molar-refractivity contribution in [3.63, 3.8) is 0 Å². The van der Waals surface area contributed by atoms with Gasteiger partial charge in [0.1, 0.15) is 11.3 Å². The summed E-state index contributed by atoms with van der Waals surface area (Å²) in [7, 11) is 0.